The van der Waals surface area contributed by atoms with Crippen LogP contribution in [0.5, 0.6) is 0 Å². The Labute approximate surface area is 192 Å². The van der Waals surface area contributed by atoms with Crippen LogP contribution in [0.1, 0.15) is 58.0 Å². The third-order valence-corrected chi connectivity index (χ3v) is 5.90. The highest BCUT2D eigenvalue weighted by atomic mass is 32.1. The monoisotopic (exact) mass is 462 g/mol. The third-order valence-electron chi connectivity index (χ3n) is 5.38. The molecule has 11 heteroatoms. The van der Waals surface area contributed by atoms with Crippen molar-refractivity contribution < 1.29 is 19.7 Å². The van der Waals surface area contributed by atoms with E-state index in [9.17, 15) is 15.0 Å². The van der Waals surface area contributed by atoms with Crippen LogP contribution in [-0.4, -0.2) is 65.7 Å². The fourth-order valence-electron chi connectivity index (χ4n) is 3.75. The molecule has 0 radical (unpaired) electrons. The van der Waals surface area contributed by atoms with Crippen molar-refractivity contribution in [2.45, 2.75) is 75.7 Å². The van der Waals surface area contributed by atoms with Crippen molar-refractivity contribution in [1.82, 2.24) is 24.8 Å². The van der Waals surface area contributed by atoms with Crippen LogP contribution in [0.4, 0.5) is 5.82 Å². The SMILES string of the molecule is CC#Cc1nc(N)c2ncn(C3OC(C(=O)NCC)C(O)C3O)c2n1.SC1CCCCC1. The molecular formula is C21H30N6O4S. The molecule has 1 saturated carbocycles. The predicted octanol–water partition coefficient (Wildman–Crippen LogP) is 0.784. The molecule has 2 aromatic heterocycles. The number of amides is 1. The van der Waals surface area contributed by atoms with E-state index in [0.29, 0.717) is 12.1 Å². The van der Waals surface area contributed by atoms with Gasteiger partial charge in [-0.05, 0) is 32.6 Å². The summed E-state index contributed by atoms with van der Waals surface area (Å²) in [5.41, 5.74) is 6.47. The quantitative estimate of drug-likeness (QED) is 0.332. The molecule has 0 aromatic carbocycles. The summed E-state index contributed by atoms with van der Waals surface area (Å²) in [6.07, 6.45) is 3.34. The van der Waals surface area contributed by atoms with Crippen LogP contribution in [0.2, 0.25) is 0 Å². The van der Waals surface area contributed by atoms with Crippen molar-refractivity contribution in [3.05, 3.63) is 12.2 Å². The van der Waals surface area contributed by atoms with Gasteiger partial charge in [0.1, 0.15) is 17.7 Å². The second kappa shape index (κ2) is 11.0. The lowest BCUT2D eigenvalue weighted by Crippen LogP contribution is -2.42. The van der Waals surface area contributed by atoms with Gasteiger partial charge in [0.15, 0.2) is 23.8 Å². The molecule has 1 aliphatic heterocycles. The highest BCUT2D eigenvalue weighted by Crippen LogP contribution is 2.32. The maximum Gasteiger partial charge on any atom is 0.252 e. The van der Waals surface area contributed by atoms with Gasteiger partial charge in [0.25, 0.3) is 5.91 Å². The molecule has 10 nitrogen and oxygen atoms in total. The standard InChI is InChI=1S/C15H18N6O4.C6H12S/c1-3-5-7-19-12(16)8-13(20-7)21(6-18-8)15-10(23)9(22)11(25-15)14(24)17-4-2;7-6-4-2-1-3-5-6/h6,9-11,15,22-23H,4H2,1-2H3,(H,17,24)(H2,16,19,20);6-7H,1-5H2. The first-order chi connectivity index (χ1) is 15.4. The minimum Gasteiger partial charge on any atom is -0.387 e. The Bertz CT molecular complexity index is 997. The average molecular weight is 463 g/mol. The number of anilines is 1. The average Bonchev–Trinajstić information content (AvgIpc) is 3.31. The second-order valence-corrected chi connectivity index (χ2v) is 8.48. The Kier molecular flexibility index (Phi) is 8.31. The molecule has 2 aromatic rings. The topological polar surface area (TPSA) is 148 Å². The summed E-state index contributed by atoms with van der Waals surface area (Å²) in [7, 11) is 0. The maximum atomic E-state index is 12.0. The number of ether oxygens (including phenoxy) is 1. The number of nitrogens with two attached hydrogens (primary N) is 1. The first kappa shape index (κ1) is 24.3. The number of hydrogen-bond donors (Lipinski definition) is 5. The second-order valence-electron chi connectivity index (χ2n) is 7.75. The summed E-state index contributed by atoms with van der Waals surface area (Å²) < 4.78 is 6.97. The Hall–Kier alpha value is -2.39. The predicted molar refractivity (Wildman–Crippen MR) is 123 cm³/mol. The van der Waals surface area contributed by atoms with Gasteiger partial charge in [0, 0.05) is 11.8 Å². The highest BCUT2D eigenvalue weighted by Gasteiger charge is 2.47. The zero-order valence-electron chi connectivity index (χ0n) is 18.2. The number of aromatic nitrogens is 4. The Morgan fingerprint density at radius 2 is 2.03 bits per heavy atom. The summed E-state index contributed by atoms with van der Waals surface area (Å²) in [5, 5.41) is 23.7. The fourth-order valence-corrected chi connectivity index (χ4v) is 4.12. The number of imidazole rings is 1. The van der Waals surface area contributed by atoms with Crippen molar-refractivity contribution >= 4 is 35.5 Å². The van der Waals surface area contributed by atoms with Crippen molar-refractivity contribution in [2.24, 2.45) is 0 Å². The van der Waals surface area contributed by atoms with E-state index in [4.69, 9.17) is 10.5 Å². The van der Waals surface area contributed by atoms with E-state index in [1.165, 1.54) is 43.0 Å². The van der Waals surface area contributed by atoms with E-state index in [2.05, 4.69) is 44.7 Å². The van der Waals surface area contributed by atoms with Crippen LogP contribution >= 0.6 is 12.6 Å². The lowest BCUT2D eigenvalue weighted by Gasteiger charge is -2.16. The number of thiol groups is 1. The van der Waals surface area contributed by atoms with Gasteiger partial charge < -0.3 is 26.0 Å². The van der Waals surface area contributed by atoms with Gasteiger partial charge in [0.05, 0.1) is 6.33 Å². The minimum atomic E-state index is -1.39. The van der Waals surface area contributed by atoms with Gasteiger partial charge in [-0.15, -0.1) is 0 Å². The van der Waals surface area contributed by atoms with Gasteiger partial charge in [-0.25, -0.2) is 15.0 Å². The summed E-state index contributed by atoms with van der Waals surface area (Å²) >= 11 is 4.36. The van der Waals surface area contributed by atoms with Gasteiger partial charge in [-0.3, -0.25) is 9.36 Å². The molecule has 5 N–H and O–H groups in total. The van der Waals surface area contributed by atoms with Crippen molar-refractivity contribution in [3.8, 4) is 11.8 Å². The number of aliphatic hydroxyl groups is 2. The van der Waals surface area contributed by atoms with Crippen LogP contribution in [-0.2, 0) is 9.53 Å². The Morgan fingerprint density at radius 1 is 1.31 bits per heavy atom. The first-order valence-corrected chi connectivity index (χ1v) is 11.3. The van der Waals surface area contributed by atoms with Gasteiger partial charge in [-0.1, -0.05) is 25.2 Å². The number of carbonyl (C=O) groups is 1. The molecule has 2 fully saturated rings. The molecule has 0 spiro atoms. The van der Waals surface area contributed by atoms with Crippen LogP contribution in [0.25, 0.3) is 11.2 Å². The molecule has 174 valence electrons. The van der Waals surface area contributed by atoms with Crippen molar-refractivity contribution in [1.29, 1.82) is 0 Å². The van der Waals surface area contributed by atoms with E-state index in [1.54, 1.807) is 13.8 Å². The lowest BCUT2D eigenvalue weighted by molar-refractivity contribution is -0.137. The smallest absolute Gasteiger partial charge is 0.252 e. The number of aliphatic hydroxyl groups excluding tert-OH is 2. The normalized spacial score (nSPS) is 25.5. The number of carbonyl (C=O) groups excluding carboxylic acids is 1. The lowest BCUT2D eigenvalue weighted by atomic mass is 10.0. The molecular weight excluding hydrogens is 432 g/mol. The van der Waals surface area contributed by atoms with E-state index >= 15 is 0 Å². The molecule has 2 aliphatic rings. The zero-order valence-corrected chi connectivity index (χ0v) is 19.1. The zero-order chi connectivity index (χ0) is 23.3. The Morgan fingerprint density at radius 3 is 2.62 bits per heavy atom. The minimum absolute atomic E-state index is 0.134. The van der Waals surface area contributed by atoms with E-state index in [-0.39, 0.29) is 17.3 Å². The van der Waals surface area contributed by atoms with Crippen LogP contribution in [0.3, 0.4) is 0 Å². The Balaban J connectivity index is 0.000000352. The summed E-state index contributed by atoms with van der Waals surface area (Å²) in [6.45, 7) is 3.76. The van der Waals surface area contributed by atoms with Crippen LogP contribution in [0, 0.1) is 11.8 Å². The molecule has 32 heavy (non-hydrogen) atoms. The summed E-state index contributed by atoms with van der Waals surface area (Å²) in [6, 6.07) is 0. The molecule has 1 aliphatic carbocycles. The fraction of sp³-hybridized carbons (Fsp3) is 0.619. The molecule has 4 atom stereocenters. The van der Waals surface area contributed by atoms with Crippen molar-refractivity contribution in [2.75, 3.05) is 12.3 Å². The maximum absolute atomic E-state index is 12.0. The molecule has 0 bridgehead atoms. The molecule has 1 saturated heterocycles. The van der Waals surface area contributed by atoms with E-state index < -0.39 is 30.4 Å². The number of likely N-dealkylation sites (N-methyl/N-ethyl adjacent to an activating group) is 1. The van der Waals surface area contributed by atoms with Crippen LogP contribution < -0.4 is 11.1 Å². The highest BCUT2D eigenvalue weighted by molar-refractivity contribution is 7.80. The number of nitrogens with one attached hydrogen (secondary N) is 1. The number of nitrogens with zero attached hydrogens (tertiary/aromatic N) is 4. The summed E-state index contributed by atoms with van der Waals surface area (Å²) in [4.78, 5) is 24.4. The molecule has 4 unspecified atom stereocenters. The number of rotatable bonds is 3. The first-order valence-electron chi connectivity index (χ1n) is 10.8. The van der Waals surface area contributed by atoms with Gasteiger partial charge in [0.2, 0.25) is 5.82 Å². The number of hydrogen-bond acceptors (Lipinski definition) is 9. The third kappa shape index (κ3) is 5.32. The van der Waals surface area contributed by atoms with Gasteiger partial charge >= 0.3 is 0 Å². The molecule has 3 heterocycles. The molecule has 1 amide bonds. The summed E-state index contributed by atoms with van der Waals surface area (Å²) in [5.74, 6) is 5.20. The molecule has 4 rings (SSSR count). The van der Waals surface area contributed by atoms with Crippen LogP contribution in [0.15, 0.2) is 6.33 Å². The van der Waals surface area contributed by atoms with Gasteiger partial charge in [-0.2, -0.15) is 12.6 Å². The number of fused-ring (bicyclic) bond motifs is 1. The largest absolute Gasteiger partial charge is 0.387 e. The number of nitrogen functional groups attached to an aromatic ring is 1. The van der Waals surface area contributed by atoms with E-state index in [0.717, 1.165) is 5.25 Å². The van der Waals surface area contributed by atoms with Crippen molar-refractivity contribution in [3.63, 3.8) is 0 Å². The van der Waals surface area contributed by atoms with E-state index in [1.807, 2.05) is 0 Å².